The Hall–Kier alpha value is -2.75. The third-order valence-electron chi connectivity index (χ3n) is 4.57. The van der Waals surface area contributed by atoms with Crippen LogP contribution in [0.25, 0.3) is 0 Å². The topological polar surface area (TPSA) is 39.1 Å². The second-order valence-electron chi connectivity index (χ2n) is 6.28. The van der Waals surface area contributed by atoms with E-state index in [1.165, 1.54) is 12.1 Å². The van der Waals surface area contributed by atoms with Gasteiger partial charge in [-0.25, -0.2) is 4.39 Å². The summed E-state index contributed by atoms with van der Waals surface area (Å²) < 4.78 is 51.8. The Labute approximate surface area is 148 Å². The van der Waals surface area contributed by atoms with Crippen molar-refractivity contribution in [1.29, 1.82) is 5.26 Å². The summed E-state index contributed by atoms with van der Waals surface area (Å²) in [5.74, 6) is -1.81. The summed E-state index contributed by atoms with van der Waals surface area (Å²) in [6, 6.07) is 13.3. The highest BCUT2D eigenvalue weighted by molar-refractivity contribution is 5.63. The summed E-state index contributed by atoms with van der Waals surface area (Å²) >= 11 is 0. The van der Waals surface area contributed by atoms with Gasteiger partial charge < -0.3 is 10.2 Å². The van der Waals surface area contributed by atoms with Gasteiger partial charge in [-0.1, -0.05) is 0 Å². The Kier molecular flexibility index (Phi) is 5.03. The summed E-state index contributed by atoms with van der Waals surface area (Å²) in [5, 5.41) is 11.8. The molecule has 0 aliphatic carbocycles. The Bertz CT molecular complexity index is 801. The molecule has 0 amide bonds. The Balaban J connectivity index is 1.62. The van der Waals surface area contributed by atoms with Gasteiger partial charge >= 0.3 is 6.18 Å². The largest absolute Gasteiger partial charge is 0.391 e. The van der Waals surface area contributed by atoms with Gasteiger partial charge in [-0.15, -0.1) is 0 Å². The molecule has 0 saturated carbocycles. The van der Waals surface area contributed by atoms with E-state index in [4.69, 9.17) is 5.26 Å². The average Bonchev–Trinajstić information content (AvgIpc) is 2.62. The van der Waals surface area contributed by atoms with E-state index in [1.807, 2.05) is 17.0 Å². The van der Waals surface area contributed by atoms with Crippen LogP contribution in [-0.4, -0.2) is 19.3 Å². The highest BCUT2D eigenvalue weighted by atomic mass is 19.4. The molecule has 3 rings (SSSR count). The lowest BCUT2D eigenvalue weighted by molar-refractivity contribution is -0.179. The number of hydrogen-bond acceptors (Lipinski definition) is 3. The number of rotatable bonds is 3. The van der Waals surface area contributed by atoms with Gasteiger partial charge in [0.1, 0.15) is 11.9 Å². The van der Waals surface area contributed by atoms with Gasteiger partial charge in [-0.05, 0) is 55.3 Å². The standard InChI is InChI=1S/C19H17F4N3/c20-18-11-16(2-1-13(18)12-24)25-15-3-5-17(6-4-15)26-9-7-14(8-10-26)19(21,22)23/h1-6,11,14,25H,7-10H2. The third-order valence-corrected chi connectivity index (χ3v) is 4.57. The van der Waals surface area contributed by atoms with Crippen molar-refractivity contribution < 1.29 is 17.6 Å². The minimum absolute atomic E-state index is 0.0202. The first-order valence-electron chi connectivity index (χ1n) is 8.25. The fourth-order valence-electron chi connectivity index (χ4n) is 3.07. The van der Waals surface area contributed by atoms with Crippen LogP contribution in [0.3, 0.4) is 0 Å². The number of benzene rings is 2. The first kappa shape index (κ1) is 18.1. The molecule has 0 spiro atoms. The molecule has 1 heterocycles. The predicted octanol–water partition coefficient (Wildman–Crippen LogP) is 5.22. The molecule has 1 aliphatic heterocycles. The zero-order valence-electron chi connectivity index (χ0n) is 13.9. The van der Waals surface area contributed by atoms with Crippen molar-refractivity contribution in [3.63, 3.8) is 0 Å². The van der Waals surface area contributed by atoms with E-state index in [1.54, 1.807) is 24.3 Å². The minimum atomic E-state index is -4.11. The summed E-state index contributed by atoms with van der Waals surface area (Å²) in [6.07, 6.45) is -3.90. The van der Waals surface area contributed by atoms with Crippen LogP contribution in [0.1, 0.15) is 18.4 Å². The molecule has 3 nitrogen and oxygen atoms in total. The van der Waals surface area contributed by atoms with E-state index in [0.29, 0.717) is 18.8 Å². The number of piperidine rings is 1. The third kappa shape index (κ3) is 4.07. The number of nitrogens with one attached hydrogen (secondary N) is 1. The first-order chi connectivity index (χ1) is 12.4. The molecule has 26 heavy (non-hydrogen) atoms. The lowest BCUT2D eigenvalue weighted by atomic mass is 9.96. The number of alkyl halides is 3. The van der Waals surface area contributed by atoms with Gasteiger partial charge in [0.05, 0.1) is 11.5 Å². The van der Waals surface area contributed by atoms with Crippen molar-refractivity contribution in [3.8, 4) is 6.07 Å². The summed E-state index contributed by atoms with van der Waals surface area (Å²) in [4.78, 5) is 1.94. The second kappa shape index (κ2) is 7.24. The fourth-order valence-corrected chi connectivity index (χ4v) is 3.07. The van der Waals surface area contributed by atoms with Gasteiger partial charge in [-0.3, -0.25) is 0 Å². The van der Waals surface area contributed by atoms with Crippen molar-refractivity contribution in [2.45, 2.75) is 19.0 Å². The number of halogens is 4. The Morgan fingerprint density at radius 3 is 2.15 bits per heavy atom. The number of anilines is 3. The Morgan fingerprint density at radius 1 is 1.00 bits per heavy atom. The van der Waals surface area contributed by atoms with Gasteiger partial charge in [0.25, 0.3) is 0 Å². The number of nitrogens with zero attached hydrogens (tertiary/aromatic N) is 2. The van der Waals surface area contributed by atoms with Gasteiger partial charge in [0.15, 0.2) is 0 Å². The fraction of sp³-hybridized carbons (Fsp3) is 0.316. The molecule has 1 fully saturated rings. The molecule has 1 saturated heterocycles. The zero-order chi connectivity index (χ0) is 18.7. The predicted molar refractivity (Wildman–Crippen MR) is 91.8 cm³/mol. The van der Waals surface area contributed by atoms with Crippen LogP contribution in [0.5, 0.6) is 0 Å². The molecule has 1 aliphatic rings. The summed E-state index contributed by atoms with van der Waals surface area (Å²) in [6.45, 7) is 0.746. The molecule has 2 aromatic rings. The van der Waals surface area contributed by atoms with E-state index in [9.17, 15) is 17.6 Å². The summed E-state index contributed by atoms with van der Waals surface area (Å²) in [7, 11) is 0. The molecular weight excluding hydrogens is 346 g/mol. The lowest BCUT2D eigenvalue weighted by Crippen LogP contribution is -2.38. The van der Waals surface area contributed by atoms with Crippen LogP contribution in [0.4, 0.5) is 34.6 Å². The minimum Gasteiger partial charge on any atom is -0.372 e. The van der Waals surface area contributed by atoms with Crippen molar-refractivity contribution in [2.24, 2.45) is 5.92 Å². The van der Waals surface area contributed by atoms with Crippen molar-refractivity contribution in [3.05, 3.63) is 53.8 Å². The molecule has 0 radical (unpaired) electrons. The molecule has 2 aromatic carbocycles. The smallest absolute Gasteiger partial charge is 0.372 e. The zero-order valence-corrected chi connectivity index (χ0v) is 13.9. The quantitative estimate of drug-likeness (QED) is 0.760. The van der Waals surface area contributed by atoms with E-state index < -0.39 is 17.9 Å². The SMILES string of the molecule is N#Cc1ccc(Nc2ccc(N3CCC(C(F)(F)F)CC3)cc2)cc1F. The molecular formula is C19H17F4N3. The normalized spacial score (nSPS) is 15.6. The van der Waals surface area contributed by atoms with Crippen LogP contribution in [0.15, 0.2) is 42.5 Å². The molecule has 1 N–H and O–H groups in total. The highest BCUT2D eigenvalue weighted by Crippen LogP contribution is 2.35. The second-order valence-corrected chi connectivity index (χ2v) is 6.28. The van der Waals surface area contributed by atoms with Crippen LogP contribution in [0.2, 0.25) is 0 Å². The number of hydrogen-bond donors (Lipinski definition) is 1. The maximum absolute atomic E-state index is 13.6. The Morgan fingerprint density at radius 2 is 1.62 bits per heavy atom. The van der Waals surface area contributed by atoms with Crippen LogP contribution < -0.4 is 10.2 Å². The number of nitriles is 1. The van der Waals surface area contributed by atoms with Gasteiger partial charge in [0, 0.05) is 30.2 Å². The van der Waals surface area contributed by atoms with E-state index in [-0.39, 0.29) is 18.4 Å². The monoisotopic (exact) mass is 363 g/mol. The van der Waals surface area contributed by atoms with Crippen LogP contribution in [0, 0.1) is 23.1 Å². The first-order valence-corrected chi connectivity index (χ1v) is 8.25. The van der Waals surface area contributed by atoms with Gasteiger partial charge in [0.2, 0.25) is 0 Å². The maximum Gasteiger partial charge on any atom is 0.391 e. The lowest BCUT2D eigenvalue weighted by Gasteiger charge is -2.34. The van der Waals surface area contributed by atoms with Crippen molar-refractivity contribution in [2.75, 3.05) is 23.3 Å². The molecule has 0 unspecified atom stereocenters. The van der Waals surface area contributed by atoms with E-state index in [0.717, 1.165) is 11.4 Å². The van der Waals surface area contributed by atoms with Crippen molar-refractivity contribution >= 4 is 17.1 Å². The average molecular weight is 363 g/mol. The van der Waals surface area contributed by atoms with Gasteiger partial charge in [-0.2, -0.15) is 18.4 Å². The van der Waals surface area contributed by atoms with Crippen molar-refractivity contribution in [1.82, 2.24) is 0 Å². The molecule has 0 atom stereocenters. The molecule has 0 aromatic heterocycles. The summed E-state index contributed by atoms with van der Waals surface area (Å²) in [5.41, 5.74) is 2.08. The molecule has 7 heteroatoms. The molecule has 0 bridgehead atoms. The highest BCUT2D eigenvalue weighted by Gasteiger charge is 2.41. The van der Waals surface area contributed by atoms with E-state index >= 15 is 0 Å². The maximum atomic E-state index is 13.6. The van der Waals surface area contributed by atoms with E-state index in [2.05, 4.69) is 5.32 Å². The van der Waals surface area contributed by atoms with Crippen LogP contribution in [-0.2, 0) is 0 Å². The molecule has 136 valence electrons. The van der Waals surface area contributed by atoms with Crippen LogP contribution >= 0.6 is 0 Å².